The van der Waals surface area contributed by atoms with E-state index in [1.807, 2.05) is 0 Å². The number of hydrogen-bond donors (Lipinski definition) is 1. The Morgan fingerprint density at radius 3 is 2.32 bits per heavy atom. The first-order chi connectivity index (χ1) is 8.89. The number of rotatable bonds is 4. The maximum absolute atomic E-state index is 12.7. The van der Waals surface area contributed by atoms with Crippen LogP contribution in [0.15, 0.2) is 30.3 Å². The Morgan fingerprint density at radius 1 is 1.26 bits per heavy atom. The van der Waals surface area contributed by atoms with Gasteiger partial charge in [-0.2, -0.15) is 13.2 Å². The number of ether oxygens (including phenoxy) is 1. The van der Waals surface area contributed by atoms with Crippen molar-refractivity contribution in [2.45, 2.75) is 25.1 Å². The van der Waals surface area contributed by atoms with Gasteiger partial charge in [-0.05, 0) is 30.9 Å². The predicted octanol–water partition coefficient (Wildman–Crippen LogP) is 2.51. The smallest absolute Gasteiger partial charge is 0.404 e. The van der Waals surface area contributed by atoms with E-state index in [4.69, 9.17) is 10.5 Å². The van der Waals surface area contributed by atoms with E-state index in [1.165, 1.54) is 12.1 Å². The van der Waals surface area contributed by atoms with Crippen LogP contribution in [0.4, 0.5) is 13.2 Å². The summed E-state index contributed by atoms with van der Waals surface area (Å²) < 4.78 is 42.9. The van der Waals surface area contributed by atoms with E-state index < -0.39 is 24.1 Å². The summed E-state index contributed by atoms with van der Waals surface area (Å²) in [5.41, 5.74) is 5.16. The molecule has 2 rings (SSSR count). The maximum Gasteiger partial charge on any atom is 0.404 e. The molecular weight excluding hydrogens is 259 g/mol. The second kappa shape index (κ2) is 5.21. The molecule has 1 aliphatic carbocycles. The molecule has 1 aliphatic rings. The van der Waals surface area contributed by atoms with Crippen molar-refractivity contribution >= 4 is 5.97 Å². The van der Waals surface area contributed by atoms with Crippen LogP contribution in [0.1, 0.15) is 12.8 Å². The highest BCUT2D eigenvalue weighted by molar-refractivity contribution is 5.76. The first-order valence-corrected chi connectivity index (χ1v) is 5.98. The Hall–Kier alpha value is -1.56. The summed E-state index contributed by atoms with van der Waals surface area (Å²) in [5, 5.41) is 0. The number of benzene rings is 1. The molecule has 0 aliphatic heterocycles. The van der Waals surface area contributed by atoms with Gasteiger partial charge in [0.15, 0.2) is 0 Å². The molecule has 0 aromatic heterocycles. The van der Waals surface area contributed by atoms with Crippen molar-refractivity contribution in [2.24, 2.45) is 17.6 Å². The number of esters is 1. The molecule has 0 saturated heterocycles. The van der Waals surface area contributed by atoms with Crippen LogP contribution in [0, 0.1) is 11.8 Å². The molecule has 0 spiro atoms. The molecule has 2 atom stereocenters. The minimum Gasteiger partial charge on any atom is -0.426 e. The second-order valence-electron chi connectivity index (χ2n) is 4.66. The van der Waals surface area contributed by atoms with Gasteiger partial charge in [-0.1, -0.05) is 18.2 Å². The summed E-state index contributed by atoms with van der Waals surface area (Å²) in [5.74, 6) is -2.32. The fourth-order valence-corrected chi connectivity index (χ4v) is 1.96. The Morgan fingerprint density at radius 2 is 1.84 bits per heavy atom. The van der Waals surface area contributed by atoms with Crippen molar-refractivity contribution < 1.29 is 22.7 Å². The minimum atomic E-state index is -4.59. The molecule has 0 amide bonds. The fraction of sp³-hybridized carbons (Fsp3) is 0.462. The third kappa shape index (κ3) is 3.47. The van der Waals surface area contributed by atoms with Crippen LogP contribution < -0.4 is 10.5 Å². The van der Waals surface area contributed by atoms with Crippen LogP contribution in [-0.2, 0) is 4.79 Å². The van der Waals surface area contributed by atoms with Gasteiger partial charge in [0.05, 0.1) is 5.92 Å². The highest BCUT2D eigenvalue weighted by Gasteiger charge is 2.51. The molecule has 0 bridgehead atoms. The molecule has 1 fully saturated rings. The molecule has 0 radical (unpaired) electrons. The molecular formula is C13H14F3NO2. The van der Waals surface area contributed by atoms with E-state index >= 15 is 0 Å². The highest BCUT2D eigenvalue weighted by Crippen LogP contribution is 2.42. The van der Waals surface area contributed by atoms with Crippen LogP contribution in [0.5, 0.6) is 5.75 Å². The molecule has 1 aromatic carbocycles. The van der Waals surface area contributed by atoms with Crippen LogP contribution in [0.2, 0.25) is 0 Å². The summed E-state index contributed by atoms with van der Waals surface area (Å²) in [6, 6.07) is 5.85. The van der Waals surface area contributed by atoms with E-state index in [0.717, 1.165) is 0 Å². The number of carbonyl (C=O) groups is 1. The van der Waals surface area contributed by atoms with Crippen LogP contribution in [0.25, 0.3) is 0 Å². The zero-order valence-corrected chi connectivity index (χ0v) is 10.1. The van der Waals surface area contributed by atoms with Gasteiger partial charge in [0.2, 0.25) is 0 Å². The fourth-order valence-electron chi connectivity index (χ4n) is 1.96. The lowest BCUT2D eigenvalue weighted by Crippen LogP contribution is -2.49. The number of halogens is 3. The van der Waals surface area contributed by atoms with Gasteiger partial charge in [-0.15, -0.1) is 0 Å². The summed E-state index contributed by atoms with van der Waals surface area (Å²) in [6.45, 7) is 0. The molecule has 3 nitrogen and oxygen atoms in total. The largest absolute Gasteiger partial charge is 0.426 e. The number of nitrogens with two attached hydrogens (primary N) is 1. The summed E-state index contributed by atoms with van der Waals surface area (Å²) >= 11 is 0. The van der Waals surface area contributed by atoms with E-state index in [9.17, 15) is 18.0 Å². The summed E-state index contributed by atoms with van der Waals surface area (Å²) in [6.07, 6.45) is -3.43. The van der Waals surface area contributed by atoms with Gasteiger partial charge in [-0.3, -0.25) is 4.79 Å². The normalized spacial score (nSPS) is 18.7. The minimum absolute atomic E-state index is 0.229. The van der Waals surface area contributed by atoms with Crippen molar-refractivity contribution in [3.8, 4) is 5.75 Å². The average Bonchev–Trinajstić information content (AvgIpc) is 3.13. The Balaban J connectivity index is 2.09. The Bertz CT molecular complexity index is 443. The zero-order chi connectivity index (χ0) is 14.0. The van der Waals surface area contributed by atoms with E-state index in [0.29, 0.717) is 12.8 Å². The zero-order valence-electron chi connectivity index (χ0n) is 10.1. The molecule has 6 heteroatoms. The predicted molar refractivity (Wildman–Crippen MR) is 62.3 cm³/mol. The lowest BCUT2D eigenvalue weighted by atomic mass is 9.94. The van der Waals surface area contributed by atoms with Crippen LogP contribution in [-0.4, -0.2) is 18.2 Å². The van der Waals surface area contributed by atoms with E-state index in [1.54, 1.807) is 18.2 Å². The van der Waals surface area contributed by atoms with E-state index in [2.05, 4.69) is 0 Å². The molecule has 0 unspecified atom stereocenters. The quantitative estimate of drug-likeness (QED) is 0.677. The van der Waals surface area contributed by atoms with Gasteiger partial charge in [0.25, 0.3) is 0 Å². The third-order valence-electron chi connectivity index (χ3n) is 3.13. The highest BCUT2D eigenvalue weighted by atomic mass is 19.4. The van der Waals surface area contributed by atoms with Gasteiger partial charge < -0.3 is 10.5 Å². The number of para-hydroxylation sites is 1. The van der Waals surface area contributed by atoms with Crippen molar-refractivity contribution in [1.29, 1.82) is 0 Å². The number of hydrogen-bond acceptors (Lipinski definition) is 3. The maximum atomic E-state index is 12.7. The first kappa shape index (κ1) is 13.9. The van der Waals surface area contributed by atoms with Gasteiger partial charge in [0.1, 0.15) is 11.8 Å². The topological polar surface area (TPSA) is 52.3 Å². The Labute approximate surface area is 108 Å². The molecule has 19 heavy (non-hydrogen) atoms. The lowest BCUT2D eigenvalue weighted by molar-refractivity contribution is -0.173. The van der Waals surface area contributed by atoms with E-state index in [-0.39, 0.29) is 11.7 Å². The number of carbonyl (C=O) groups excluding carboxylic acids is 1. The molecule has 1 aromatic rings. The summed E-state index contributed by atoms with van der Waals surface area (Å²) in [4.78, 5) is 11.9. The molecule has 1 saturated carbocycles. The Kier molecular flexibility index (Phi) is 3.80. The molecule has 104 valence electrons. The van der Waals surface area contributed by atoms with Crippen molar-refractivity contribution in [1.82, 2.24) is 0 Å². The summed E-state index contributed by atoms with van der Waals surface area (Å²) in [7, 11) is 0. The monoisotopic (exact) mass is 273 g/mol. The average molecular weight is 273 g/mol. The van der Waals surface area contributed by atoms with Gasteiger partial charge in [0, 0.05) is 0 Å². The van der Waals surface area contributed by atoms with Gasteiger partial charge in [-0.25, -0.2) is 0 Å². The standard InChI is InChI=1S/C13H14F3NO2/c14-13(15,16)11(17)10(8-6-7-8)12(18)19-9-4-2-1-3-5-9/h1-5,8,10-11H,6-7,17H2/t10-,11-/m0/s1. The molecule has 0 heterocycles. The van der Waals surface area contributed by atoms with Crippen molar-refractivity contribution in [3.63, 3.8) is 0 Å². The number of alkyl halides is 3. The first-order valence-electron chi connectivity index (χ1n) is 5.98. The van der Waals surface area contributed by atoms with Crippen LogP contribution in [0.3, 0.4) is 0 Å². The second-order valence-corrected chi connectivity index (χ2v) is 4.66. The SMILES string of the molecule is N[C@@H]([C@@H](C(=O)Oc1ccccc1)C1CC1)C(F)(F)F. The third-order valence-corrected chi connectivity index (χ3v) is 3.13. The van der Waals surface area contributed by atoms with Crippen molar-refractivity contribution in [3.05, 3.63) is 30.3 Å². The molecule has 2 N–H and O–H groups in total. The van der Waals surface area contributed by atoms with Crippen LogP contribution >= 0.6 is 0 Å². The van der Waals surface area contributed by atoms with Gasteiger partial charge >= 0.3 is 12.1 Å². The lowest BCUT2D eigenvalue weighted by Gasteiger charge is -2.24. The van der Waals surface area contributed by atoms with Crippen molar-refractivity contribution in [2.75, 3.05) is 0 Å².